The van der Waals surface area contributed by atoms with Gasteiger partial charge in [-0.2, -0.15) is 0 Å². The lowest BCUT2D eigenvalue weighted by molar-refractivity contribution is -0.139. The fraction of sp³-hybridized carbons (Fsp3) is 0.455. The van der Waals surface area contributed by atoms with Crippen molar-refractivity contribution in [2.45, 2.75) is 13.3 Å². The van der Waals surface area contributed by atoms with Gasteiger partial charge in [0.15, 0.2) is 0 Å². The molecule has 5 nitrogen and oxygen atoms in total. The zero-order valence-electron chi connectivity index (χ0n) is 9.48. The average Bonchev–Trinajstić information content (AvgIpc) is 2.33. The average molecular weight is 230 g/mol. The van der Waals surface area contributed by atoms with Gasteiger partial charge in [0.1, 0.15) is 6.61 Å². The lowest BCUT2D eigenvalue weighted by Gasteiger charge is -1.94. The van der Waals surface area contributed by atoms with E-state index in [0.717, 1.165) is 18.6 Å². The first-order valence-electron chi connectivity index (χ1n) is 4.81. The molecule has 0 unspecified atom stereocenters. The van der Waals surface area contributed by atoms with E-state index in [9.17, 15) is 9.59 Å². The van der Waals surface area contributed by atoms with Gasteiger partial charge in [-0.3, -0.25) is 0 Å². The van der Waals surface area contributed by atoms with Gasteiger partial charge in [0.05, 0.1) is 13.2 Å². The number of aliphatic hydroxyl groups excluding tert-OH is 1. The van der Waals surface area contributed by atoms with Gasteiger partial charge in [0.25, 0.3) is 0 Å². The number of ether oxygens (including phenoxy) is 2. The van der Waals surface area contributed by atoms with Gasteiger partial charge in [-0.15, -0.1) is 0 Å². The highest BCUT2D eigenvalue weighted by molar-refractivity contribution is 5.81. The lowest BCUT2D eigenvalue weighted by atomic mass is 10.5. The molecular weight excluding hydrogens is 212 g/mol. The van der Waals surface area contributed by atoms with Crippen molar-refractivity contribution in [1.29, 1.82) is 0 Å². The lowest BCUT2D eigenvalue weighted by Crippen LogP contribution is -2.04. The summed E-state index contributed by atoms with van der Waals surface area (Å²) < 4.78 is 8.92. The summed E-state index contributed by atoms with van der Waals surface area (Å²) in [6.07, 6.45) is 3.07. The maximum atomic E-state index is 10.2. The Morgan fingerprint density at radius 2 is 1.56 bits per heavy atom. The van der Waals surface area contributed by atoms with Gasteiger partial charge in [-0.05, 0) is 6.42 Å². The van der Waals surface area contributed by atoms with Gasteiger partial charge in [0.2, 0.25) is 0 Å². The molecule has 0 aliphatic carbocycles. The Balaban J connectivity index is 0. The van der Waals surface area contributed by atoms with Gasteiger partial charge in [0, 0.05) is 12.2 Å². The monoisotopic (exact) mass is 230 g/mol. The summed E-state index contributed by atoms with van der Waals surface area (Å²) in [4.78, 5) is 20.3. The third kappa shape index (κ3) is 14.9. The summed E-state index contributed by atoms with van der Waals surface area (Å²) in [6, 6.07) is 0. The Hall–Kier alpha value is -1.62. The van der Waals surface area contributed by atoms with Crippen molar-refractivity contribution >= 4 is 11.9 Å². The van der Waals surface area contributed by atoms with Crippen LogP contribution in [-0.2, 0) is 19.1 Å². The van der Waals surface area contributed by atoms with Gasteiger partial charge in [-0.1, -0.05) is 20.1 Å². The summed E-state index contributed by atoms with van der Waals surface area (Å²) in [6.45, 7) is 8.74. The van der Waals surface area contributed by atoms with E-state index in [1.807, 2.05) is 6.92 Å². The fourth-order valence-corrected chi connectivity index (χ4v) is 0.467. The number of aliphatic hydroxyl groups is 1. The maximum absolute atomic E-state index is 10.2. The standard InChI is InChI=1S/C6H10O2.C5H8O3/c1-3-5-8-6(7)4-2;1-2-5(7)8-4-3-6/h4H,2-3,5H2,1H3;2,6H,1,3-4H2. The van der Waals surface area contributed by atoms with Gasteiger partial charge < -0.3 is 14.6 Å². The van der Waals surface area contributed by atoms with E-state index < -0.39 is 5.97 Å². The number of rotatable bonds is 6. The molecule has 0 radical (unpaired) electrons. The number of carbonyl (C=O) groups is 2. The van der Waals surface area contributed by atoms with Crippen LogP contribution in [0, 0.1) is 0 Å². The quantitative estimate of drug-likeness (QED) is 0.540. The van der Waals surface area contributed by atoms with E-state index in [2.05, 4.69) is 22.6 Å². The maximum Gasteiger partial charge on any atom is 0.330 e. The molecule has 0 rings (SSSR count). The van der Waals surface area contributed by atoms with Crippen molar-refractivity contribution in [3.05, 3.63) is 25.3 Å². The molecule has 0 heterocycles. The molecule has 1 N–H and O–H groups in total. The summed E-state index contributed by atoms with van der Waals surface area (Å²) in [5, 5.41) is 8.10. The summed E-state index contributed by atoms with van der Waals surface area (Å²) >= 11 is 0. The normalized spacial score (nSPS) is 8.12. The van der Waals surface area contributed by atoms with Crippen LogP contribution < -0.4 is 0 Å². The molecule has 0 atom stereocenters. The molecule has 5 heteroatoms. The van der Waals surface area contributed by atoms with E-state index in [0.29, 0.717) is 6.61 Å². The molecule has 0 fully saturated rings. The van der Waals surface area contributed by atoms with Crippen LogP contribution in [0.15, 0.2) is 25.3 Å². The molecule has 0 amide bonds. The molecule has 0 spiro atoms. The third-order valence-corrected chi connectivity index (χ3v) is 1.12. The van der Waals surface area contributed by atoms with Crippen LogP contribution in [-0.4, -0.2) is 36.9 Å². The second kappa shape index (κ2) is 13.4. The second-order valence-corrected chi connectivity index (χ2v) is 2.47. The van der Waals surface area contributed by atoms with Crippen molar-refractivity contribution in [3.8, 4) is 0 Å². The van der Waals surface area contributed by atoms with Crippen LogP contribution in [0.1, 0.15) is 13.3 Å². The molecule has 0 bridgehead atoms. The Kier molecular flexibility index (Phi) is 14.0. The van der Waals surface area contributed by atoms with E-state index in [1.165, 1.54) is 0 Å². The van der Waals surface area contributed by atoms with Crippen LogP contribution in [0.4, 0.5) is 0 Å². The Labute approximate surface area is 95.4 Å². The molecule has 92 valence electrons. The van der Waals surface area contributed by atoms with Crippen LogP contribution in [0.5, 0.6) is 0 Å². The smallest absolute Gasteiger partial charge is 0.330 e. The van der Waals surface area contributed by atoms with Gasteiger partial charge in [-0.25, -0.2) is 9.59 Å². The number of carbonyl (C=O) groups excluding carboxylic acids is 2. The topological polar surface area (TPSA) is 72.8 Å². The van der Waals surface area contributed by atoms with Crippen molar-refractivity contribution in [2.24, 2.45) is 0 Å². The van der Waals surface area contributed by atoms with E-state index >= 15 is 0 Å². The van der Waals surface area contributed by atoms with Crippen molar-refractivity contribution in [2.75, 3.05) is 19.8 Å². The Morgan fingerprint density at radius 1 is 1.12 bits per heavy atom. The Morgan fingerprint density at radius 3 is 1.88 bits per heavy atom. The van der Waals surface area contributed by atoms with Crippen molar-refractivity contribution in [1.82, 2.24) is 0 Å². The highest BCUT2D eigenvalue weighted by Crippen LogP contribution is 1.81. The van der Waals surface area contributed by atoms with Crippen LogP contribution >= 0.6 is 0 Å². The van der Waals surface area contributed by atoms with Crippen LogP contribution in [0.25, 0.3) is 0 Å². The molecule has 0 aromatic rings. The van der Waals surface area contributed by atoms with Gasteiger partial charge >= 0.3 is 11.9 Å². The second-order valence-electron chi connectivity index (χ2n) is 2.47. The zero-order chi connectivity index (χ0) is 12.8. The number of hydrogen-bond donors (Lipinski definition) is 1. The van der Waals surface area contributed by atoms with E-state index in [4.69, 9.17) is 5.11 Å². The zero-order valence-corrected chi connectivity index (χ0v) is 9.48. The van der Waals surface area contributed by atoms with Crippen molar-refractivity contribution < 1.29 is 24.2 Å². The van der Waals surface area contributed by atoms with E-state index in [1.54, 1.807) is 0 Å². The third-order valence-electron chi connectivity index (χ3n) is 1.12. The minimum atomic E-state index is -0.501. The predicted molar refractivity (Wildman–Crippen MR) is 59.7 cm³/mol. The first kappa shape index (κ1) is 16.8. The molecule has 0 saturated heterocycles. The fourth-order valence-electron chi connectivity index (χ4n) is 0.467. The summed E-state index contributed by atoms with van der Waals surface area (Å²) in [7, 11) is 0. The van der Waals surface area contributed by atoms with E-state index in [-0.39, 0.29) is 19.2 Å². The molecule has 0 aliphatic rings. The number of hydrogen-bond acceptors (Lipinski definition) is 5. The van der Waals surface area contributed by atoms with Crippen LogP contribution in [0.3, 0.4) is 0 Å². The predicted octanol–water partition coefficient (Wildman–Crippen LogP) is 0.833. The first-order chi connectivity index (χ1) is 7.62. The Bertz CT molecular complexity index is 198. The minimum Gasteiger partial charge on any atom is -0.463 e. The molecule has 0 aliphatic heterocycles. The summed E-state index contributed by atoms with van der Waals surface area (Å²) in [5.41, 5.74) is 0. The summed E-state index contributed by atoms with van der Waals surface area (Å²) in [5.74, 6) is -0.842. The first-order valence-corrected chi connectivity index (χ1v) is 4.81. The highest BCUT2D eigenvalue weighted by atomic mass is 16.5. The van der Waals surface area contributed by atoms with Crippen molar-refractivity contribution in [3.63, 3.8) is 0 Å². The SMILES string of the molecule is C=CC(=O)OCCC.C=CC(=O)OCCO. The molecule has 16 heavy (non-hydrogen) atoms. The molecule has 0 saturated carbocycles. The number of esters is 2. The molecule has 0 aromatic heterocycles. The minimum absolute atomic E-state index is 0.0465. The molecule has 0 aromatic carbocycles. The highest BCUT2D eigenvalue weighted by Gasteiger charge is 1.90. The van der Waals surface area contributed by atoms with Crippen LogP contribution in [0.2, 0.25) is 0 Å². The molecular formula is C11H18O5. The largest absolute Gasteiger partial charge is 0.463 e.